The van der Waals surface area contributed by atoms with Crippen molar-refractivity contribution in [3.63, 3.8) is 0 Å². The Hall–Kier alpha value is -5.56. The fourth-order valence-corrected chi connectivity index (χ4v) is 6.49. The molecule has 4 aromatic carbocycles. The summed E-state index contributed by atoms with van der Waals surface area (Å²) in [6, 6.07) is 7.98. The number of benzene rings is 4. The molecule has 0 radical (unpaired) electrons. The van der Waals surface area contributed by atoms with Crippen LogP contribution in [0.15, 0.2) is 42.5 Å². The van der Waals surface area contributed by atoms with Gasteiger partial charge in [0.05, 0.1) is 5.92 Å². The van der Waals surface area contributed by atoms with E-state index in [2.05, 4.69) is 0 Å². The number of aliphatic hydroxyl groups is 1. The molecule has 5 atom stereocenters. The molecule has 0 unspecified atom stereocenters. The second kappa shape index (κ2) is 8.97. The number of ether oxygens (including phenoxy) is 3. The van der Waals surface area contributed by atoms with Gasteiger partial charge in [-0.1, -0.05) is 6.92 Å². The topological polar surface area (TPSA) is 230 Å². The third-order valence-corrected chi connectivity index (χ3v) is 8.50. The van der Waals surface area contributed by atoms with Crippen LogP contribution in [-0.2, 0) is 12.2 Å². The lowest BCUT2D eigenvalue weighted by molar-refractivity contribution is -0.219. The van der Waals surface area contributed by atoms with Gasteiger partial charge in [0, 0.05) is 51.9 Å². The Morgan fingerprint density at radius 3 is 1.84 bits per heavy atom. The van der Waals surface area contributed by atoms with Crippen LogP contribution in [0.25, 0.3) is 0 Å². The van der Waals surface area contributed by atoms with Crippen LogP contribution < -0.4 is 14.2 Å². The summed E-state index contributed by atoms with van der Waals surface area (Å²) < 4.78 is 18.8. The Kier molecular flexibility index (Phi) is 5.56. The van der Waals surface area contributed by atoms with Gasteiger partial charge in [-0.15, -0.1) is 0 Å². The maximum absolute atomic E-state index is 12.0. The molecule has 3 aliphatic rings. The molecule has 13 nitrogen and oxygen atoms in total. The van der Waals surface area contributed by atoms with Crippen LogP contribution in [0.2, 0.25) is 0 Å². The molecular formula is C31H26O13. The fraction of sp³-hybridized carbons (Fsp3) is 0.226. The molecule has 3 aliphatic heterocycles. The van der Waals surface area contributed by atoms with Crippen LogP contribution in [0.1, 0.15) is 46.8 Å². The van der Waals surface area contributed by atoms with E-state index in [1.807, 2.05) is 6.92 Å². The number of aromatic hydroxyl groups is 9. The predicted molar refractivity (Wildman–Crippen MR) is 148 cm³/mol. The summed E-state index contributed by atoms with van der Waals surface area (Å²) in [4.78, 5) is 0. The average molecular weight is 607 g/mol. The summed E-state index contributed by atoms with van der Waals surface area (Å²) in [7, 11) is 0. The fourth-order valence-electron chi connectivity index (χ4n) is 6.49. The van der Waals surface area contributed by atoms with E-state index in [1.54, 1.807) is 0 Å². The molecule has 4 aromatic rings. The predicted octanol–water partition coefficient (Wildman–Crippen LogP) is 3.48. The van der Waals surface area contributed by atoms with E-state index in [9.17, 15) is 51.1 Å². The Morgan fingerprint density at radius 2 is 1.23 bits per heavy atom. The Morgan fingerprint density at radius 1 is 0.659 bits per heavy atom. The van der Waals surface area contributed by atoms with Gasteiger partial charge in [-0.2, -0.15) is 0 Å². The maximum Gasteiger partial charge on any atom is 0.305 e. The highest BCUT2D eigenvalue weighted by Gasteiger charge is 2.60. The zero-order valence-corrected chi connectivity index (χ0v) is 22.8. The first kappa shape index (κ1) is 27.3. The second-order valence-electron chi connectivity index (χ2n) is 11.3. The van der Waals surface area contributed by atoms with Gasteiger partial charge >= 0.3 is 5.79 Å². The van der Waals surface area contributed by atoms with Crippen molar-refractivity contribution in [2.24, 2.45) is 5.92 Å². The normalized spacial score (nSPS) is 24.6. The highest BCUT2D eigenvalue weighted by atomic mass is 16.7. The molecule has 3 heterocycles. The number of phenolic OH excluding ortho intramolecular Hbond substituents is 9. The zero-order valence-electron chi connectivity index (χ0n) is 22.8. The first-order valence-corrected chi connectivity index (χ1v) is 13.5. The van der Waals surface area contributed by atoms with E-state index in [-0.39, 0.29) is 57.8 Å². The van der Waals surface area contributed by atoms with Gasteiger partial charge < -0.3 is 65.3 Å². The standard InChI is InChI=1S/C31H26O13/c1-10-2-14-15(33)9-22-24(29(14)42-28(10)11-3-17(35)26(39)18(36)4-11)25-23-16(34)7-13(32)8-21(23)43-31(44-22,30(25)41)12-5-19(37)27(40)20(38)6-12/h3-10,25,28,30,32-41H,2H2,1H3/t10-,25-,28+,30-,31+/m1/s1. The third kappa shape index (κ3) is 3.62. The van der Waals surface area contributed by atoms with E-state index >= 15 is 0 Å². The highest BCUT2D eigenvalue weighted by molar-refractivity contribution is 5.68. The van der Waals surface area contributed by atoms with E-state index < -0.39 is 64.2 Å². The first-order valence-electron chi connectivity index (χ1n) is 13.5. The lowest BCUT2D eigenvalue weighted by Crippen LogP contribution is -2.57. The molecule has 10 N–H and O–H groups in total. The van der Waals surface area contributed by atoms with Gasteiger partial charge in [0.2, 0.25) is 0 Å². The number of hydrogen-bond acceptors (Lipinski definition) is 13. The van der Waals surface area contributed by atoms with Crippen LogP contribution >= 0.6 is 0 Å². The Bertz CT molecular complexity index is 1840. The Balaban J connectivity index is 1.48. The molecule has 0 aliphatic carbocycles. The second-order valence-corrected chi connectivity index (χ2v) is 11.3. The van der Waals surface area contributed by atoms with Crippen molar-refractivity contribution in [1.82, 2.24) is 0 Å². The molecule has 7 rings (SSSR count). The van der Waals surface area contributed by atoms with Crippen molar-refractivity contribution >= 4 is 0 Å². The molecule has 0 aromatic heterocycles. The molecule has 0 amide bonds. The molecule has 44 heavy (non-hydrogen) atoms. The van der Waals surface area contributed by atoms with Crippen molar-refractivity contribution in [2.45, 2.75) is 37.3 Å². The molecule has 2 bridgehead atoms. The largest absolute Gasteiger partial charge is 0.508 e. The van der Waals surface area contributed by atoms with Crippen molar-refractivity contribution in [1.29, 1.82) is 0 Å². The van der Waals surface area contributed by atoms with Crippen LogP contribution in [0.5, 0.6) is 69.0 Å². The monoisotopic (exact) mass is 606 g/mol. The zero-order chi connectivity index (χ0) is 31.4. The quantitative estimate of drug-likeness (QED) is 0.148. The van der Waals surface area contributed by atoms with E-state index in [0.29, 0.717) is 11.1 Å². The molecule has 0 saturated heterocycles. The lowest BCUT2D eigenvalue weighted by Gasteiger charge is -2.50. The summed E-state index contributed by atoms with van der Waals surface area (Å²) in [5, 5.41) is 105. The van der Waals surface area contributed by atoms with E-state index in [4.69, 9.17) is 14.2 Å². The molecular weight excluding hydrogens is 580 g/mol. The first-order chi connectivity index (χ1) is 20.8. The minimum absolute atomic E-state index is 0.0364. The molecule has 0 fully saturated rings. The number of hydrogen-bond donors (Lipinski definition) is 10. The number of aliphatic hydroxyl groups excluding tert-OH is 1. The van der Waals surface area contributed by atoms with Gasteiger partial charge in [0.15, 0.2) is 34.5 Å². The maximum atomic E-state index is 12.0. The SMILES string of the molecule is C[C@@H]1Cc2c(O)cc3c(c2O[C@@H]1c1cc(O)c(O)c(O)c1)[C@H]1c2c(O)cc(O)cc2O[C@@](c2cc(O)c(O)c(O)c2)(O3)[C@@H]1O. The molecule has 228 valence electrons. The van der Waals surface area contributed by atoms with Crippen molar-refractivity contribution in [3.05, 3.63) is 70.3 Å². The smallest absolute Gasteiger partial charge is 0.305 e. The lowest BCUT2D eigenvalue weighted by atomic mass is 9.73. The summed E-state index contributed by atoms with van der Waals surface area (Å²) in [6.45, 7) is 1.81. The summed E-state index contributed by atoms with van der Waals surface area (Å²) in [5.74, 6) is -9.17. The van der Waals surface area contributed by atoms with Crippen molar-refractivity contribution < 1.29 is 65.3 Å². The number of fused-ring (bicyclic) bond motifs is 8. The van der Waals surface area contributed by atoms with Crippen LogP contribution in [0.3, 0.4) is 0 Å². The van der Waals surface area contributed by atoms with E-state index in [0.717, 1.165) is 18.2 Å². The average Bonchev–Trinajstić information content (AvgIpc) is 2.94. The molecule has 13 heteroatoms. The van der Waals surface area contributed by atoms with Gasteiger partial charge in [-0.3, -0.25) is 0 Å². The summed E-state index contributed by atoms with van der Waals surface area (Å²) in [6.07, 6.45) is -2.34. The molecule has 0 saturated carbocycles. The van der Waals surface area contributed by atoms with Crippen LogP contribution in [-0.4, -0.2) is 57.2 Å². The van der Waals surface area contributed by atoms with Crippen molar-refractivity contribution in [3.8, 4) is 69.0 Å². The molecule has 0 spiro atoms. The third-order valence-electron chi connectivity index (χ3n) is 8.50. The van der Waals surface area contributed by atoms with Crippen LogP contribution in [0.4, 0.5) is 0 Å². The number of phenols is 9. The number of rotatable bonds is 2. The van der Waals surface area contributed by atoms with Crippen molar-refractivity contribution in [2.75, 3.05) is 0 Å². The van der Waals surface area contributed by atoms with Gasteiger partial charge in [0.25, 0.3) is 0 Å². The van der Waals surface area contributed by atoms with Gasteiger partial charge in [-0.05, 0) is 30.7 Å². The van der Waals surface area contributed by atoms with Gasteiger partial charge in [0.1, 0.15) is 46.7 Å². The summed E-state index contributed by atoms with van der Waals surface area (Å²) >= 11 is 0. The van der Waals surface area contributed by atoms with Gasteiger partial charge in [-0.25, -0.2) is 0 Å². The minimum atomic E-state index is -2.25. The summed E-state index contributed by atoms with van der Waals surface area (Å²) in [5.41, 5.74) is 0.711. The van der Waals surface area contributed by atoms with Crippen LogP contribution in [0, 0.1) is 5.92 Å². The van der Waals surface area contributed by atoms with E-state index in [1.165, 1.54) is 24.3 Å². The minimum Gasteiger partial charge on any atom is -0.508 e. The highest BCUT2D eigenvalue weighted by Crippen LogP contribution is 2.63. The Labute approximate surface area is 247 Å².